The van der Waals surface area contributed by atoms with Gasteiger partial charge in [-0.25, -0.2) is 9.97 Å². The van der Waals surface area contributed by atoms with Gasteiger partial charge in [0.05, 0.1) is 5.69 Å². The van der Waals surface area contributed by atoms with Crippen LogP contribution in [0.4, 0.5) is 5.95 Å². The van der Waals surface area contributed by atoms with Crippen molar-refractivity contribution in [2.75, 3.05) is 18.4 Å². The molecule has 0 aliphatic heterocycles. The summed E-state index contributed by atoms with van der Waals surface area (Å²) in [5.41, 5.74) is 2.16. The predicted octanol–water partition coefficient (Wildman–Crippen LogP) is 2.75. The number of aromatic amines is 1. The van der Waals surface area contributed by atoms with E-state index in [2.05, 4.69) is 30.8 Å². The monoisotopic (exact) mass is 356 g/mol. The van der Waals surface area contributed by atoms with Gasteiger partial charge in [0, 0.05) is 19.3 Å². The minimum atomic E-state index is -0.211. The maximum atomic E-state index is 12.1. The van der Waals surface area contributed by atoms with E-state index in [4.69, 9.17) is 11.6 Å². The van der Waals surface area contributed by atoms with Gasteiger partial charge in [-0.1, -0.05) is 41.9 Å². The molecule has 0 saturated heterocycles. The molecule has 0 aliphatic rings. The van der Waals surface area contributed by atoms with Gasteiger partial charge in [-0.15, -0.1) is 0 Å². The Morgan fingerprint density at radius 2 is 2.00 bits per heavy atom. The van der Waals surface area contributed by atoms with Crippen molar-refractivity contribution < 1.29 is 4.79 Å². The van der Waals surface area contributed by atoms with Crippen LogP contribution in [0.25, 0.3) is 11.3 Å². The third kappa shape index (κ3) is 4.77. The molecule has 0 aliphatic carbocycles. The molecule has 128 valence electrons. The number of anilines is 1. The van der Waals surface area contributed by atoms with Crippen molar-refractivity contribution in [2.24, 2.45) is 0 Å². The van der Waals surface area contributed by atoms with Crippen LogP contribution < -0.4 is 10.6 Å². The second-order valence-electron chi connectivity index (χ2n) is 5.27. The highest BCUT2D eigenvalue weighted by Crippen LogP contribution is 2.16. The number of amides is 1. The van der Waals surface area contributed by atoms with Gasteiger partial charge in [0.2, 0.25) is 5.95 Å². The number of halogens is 1. The highest BCUT2D eigenvalue weighted by molar-refractivity contribution is 6.29. The van der Waals surface area contributed by atoms with Gasteiger partial charge in [0.15, 0.2) is 5.69 Å². The van der Waals surface area contributed by atoms with Crippen molar-refractivity contribution in [1.82, 2.24) is 25.5 Å². The van der Waals surface area contributed by atoms with Crippen molar-refractivity contribution >= 4 is 23.5 Å². The molecule has 7 nitrogen and oxygen atoms in total. The lowest BCUT2D eigenvalue weighted by Crippen LogP contribution is -2.26. The average Bonchev–Trinajstić information content (AvgIpc) is 3.12. The first-order valence-electron chi connectivity index (χ1n) is 7.84. The SMILES string of the molecule is O=C(NCCCNc1nccc(Cl)n1)c1cc(-c2ccccc2)[nH]n1. The summed E-state index contributed by atoms with van der Waals surface area (Å²) in [5, 5.41) is 13.2. The molecule has 3 rings (SSSR count). The summed E-state index contributed by atoms with van der Waals surface area (Å²) in [7, 11) is 0. The van der Waals surface area contributed by atoms with E-state index in [1.54, 1.807) is 18.3 Å². The molecule has 0 bridgehead atoms. The number of nitrogens with zero attached hydrogens (tertiary/aromatic N) is 3. The molecule has 1 amide bonds. The molecule has 1 aromatic carbocycles. The van der Waals surface area contributed by atoms with Gasteiger partial charge in [-0.3, -0.25) is 9.89 Å². The number of carbonyl (C=O) groups is 1. The van der Waals surface area contributed by atoms with Crippen LogP contribution in [0.1, 0.15) is 16.9 Å². The van der Waals surface area contributed by atoms with Crippen molar-refractivity contribution in [1.29, 1.82) is 0 Å². The number of hydrogen-bond acceptors (Lipinski definition) is 5. The van der Waals surface area contributed by atoms with E-state index in [1.807, 2.05) is 30.3 Å². The molecule has 0 radical (unpaired) electrons. The van der Waals surface area contributed by atoms with Gasteiger partial charge >= 0.3 is 0 Å². The van der Waals surface area contributed by atoms with Gasteiger partial charge < -0.3 is 10.6 Å². The molecule has 0 atom stereocenters. The van der Waals surface area contributed by atoms with Crippen LogP contribution in [-0.2, 0) is 0 Å². The zero-order valence-corrected chi connectivity index (χ0v) is 14.1. The van der Waals surface area contributed by atoms with Crippen LogP contribution >= 0.6 is 11.6 Å². The van der Waals surface area contributed by atoms with Crippen LogP contribution in [0.15, 0.2) is 48.7 Å². The minimum Gasteiger partial charge on any atom is -0.354 e. The molecule has 0 saturated carbocycles. The molecular weight excluding hydrogens is 340 g/mol. The molecule has 2 aromatic heterocycles. The molecule has 3 N–H and O–H groups in total. The van der Waals surface area contributed by atoms with Gasteiger partial charge in [0.25, 0.3) is 5.91 Å². The Hall–Kier alpha value is -2.93. The fourth-order valence-corrected chi connectivity index (χ4v) is 2.34. The second-order valence-corrected chi connectivity index (χ2v) is 5.66. The molecule has 0 fully saturated rings. The summed E-state index contributed by atoms with van der Waals surface area (Å²) in [6.45, 7) is 1.14. The van der Waals surface area contributed by atoms with Crippen LogP contribution in [-0.4, -0.2) is 39.2 Å². The minimum absolute atomic E-state index is 0.211. The third-order valence-electron chi connectivity index (χ3n) is 3.44. The van der Waals surface area contributed by atoms with E-state index < -0.39 is 0 Å². The fourth-order valence-electron chi connectivity index (χ4n) is 2.21. The molecule has 0 unspecified atom stereocenters. The number of hydrogen-bond donors (Lipinski definition) is 3. The first-order chi connectivity index (χ1) is 12.2. The summed E-state index contributed by atoms with van der Waals surface area (Å²) in [4.78, 5) is 20.2. The second kappa shape index (κ2) is 8.25. The summed E-state index contributed by atoms with van der Waals surface area (Å²) < 4.78 is 0. The average molecular weight is 357 g/mol. The van der Waals surface area contributed by atoms with E-state index >= 15 is 0 Å². The molecule has 8 heteroatoms. The standard InChI is InChI=1S/C17H17ClN6O/c18-15-7-10-21-17(22-15)20-9-4-8-19-16(25)14-11-13(23-24-14)12-5-2-1-3-6-12/h1-3,5-7,10-11H,4,8-9H2,(H,19,25)(H,23,24)(H,20,21,22). The van der Waals surface area contributed by atoms with E-state index in [1.165, 1.54) is 0 Å². The normalized spacial score (nSPS) is 10.4. The van der Waals surface area contributed by atoms with Crippen LogP contribution in [0.3, 0.4) is 0 Å². The van der Waals surface area contributed by atoms with Crippen LogP contribution in [0.2, 0.25) is 5.15 Å². The highest BCUT2D eigenvalue weighted by Gasteiger charge is 2.10. The summed E-state index contributed by atoms with van der Waals surface area (Å²) in [5.74, 6) is 0.260. The number of rotatable bonds is 7. The van der Waals surface area contributed by atoms with Crippen molar-refractivity contribution in [3.63, 3.8) is 0 Å². The lowest BCUT2D eigenvalue weighted by molar-refractivity contribution is 0.0948. The van der Waals surface area contributed by atoms with E-state index in [9.17, 15) is 4.79 Å². The zero-order chi connectivity index (χ0) is 17.5. The lowest BCUT2D eigenvalue weighted by atomic mass is 10.1. The van der Waals surface area contributed by atoms with E-state index in [-0.39, 0.29) is 5.91 Å². The first-order valence-corrected chi connectivity index (χ1v) is 8.21. The topological polar surface area (TPSA) is 95.6 Å². The summed E-state index contributed by atoms with van der Waals surface area (Å²) in [6.07, 6.45) is 2.30. The van der Waals surface area contributed by atoms with Crippen molar-refractivity contribution in [2.45, 2.75) is 6.42 Å². The quantitative estimate of drug-likeness (QED) is 0.447. The fraction of sp³-hybridized carbons (Fsp3) is 0.176. The Bertz CT molecular complexity index is 836. The summed E-state index contributed by atoms with van der Waals surface area (Å²) in [6, 6.07) is 13.1. The largest absolute Gasteiger partial charge is 0.354 e. The first kappa shape index (κ1) is 16.9. The van der Waals surface area contributed by atoms with Crippen molar-refractivity contribution in [3.05, 3.63) is 59.5 Å². The van der Waals surface area contributed by atoms with E-state index in [0.717, 1.165) is 17.7 Å². The number of aromatic nitrogens is 4. The number of nitrogens with one attached hydrogen (secondary N) is 3. The number of H-pyrrole nitrogens is 1. The summed E-state index contributed by atoms with van der Waals surface area (Å²) >= 11 is 5.78. The number of benzene rings is 1. The Morgan fingerprint density at radius 3 is 2.80 bits per heavy atom. The maximum absolute atomic E-state index is 12.1. The predicted molar refractivity (Wildman–Crippen MR) is 96.5 cm³/mol. The van der Waals surface area contributed by atoms with Gasteiger partial charge in [-0.2, -0.15) is 5.10 Å². The smallest absolute Gasteiger partial charge is 0.271 e. The van der Waals surface area contributed by atoms with Crippen LogP contribution in [0, 0.1) is 0 Å². The Morgan fingerprint density at radius 1 is 1.16 bits per heavy atom. The zero-order valence-electron chi connectivity index (χ0n) is 13.4. The van der Waals surface area contributed by atoms with E-state index in [0.29, 0.717) is 29.9 Å². The third-order valence-corrected chi connectivity index (χ3v) is 3.65. The van der Waals surface area contributed by atoms with Gasteiger partial charge in [0.1, 0.15) is 5.15 Å². The molecule has 0 spiro atoms. The van der Waals surface area contributed by atoms with Crippen LogP contribution in [0.5, 0.6) is 0 Å². The van der Waals surface area contributed by atoms with Gasteiger partial charge in [-0.05, 0) is 24.1 Å². The molecular formula is C17H17ClN6O. The number of carbonyl (C=O) groups excluding carboxylic acids is 1. The Balaban J connectivity index is 1.43. The molecule has 25 heavy (non-hydrogen) atoms. The van der Waals surface area contributed by atoms with Crippen molar-refractivity contribution in [3.8, 4) is 11.3 Å². The maximum Gasteiger partial charge on any atom is 0.271 e. The molecule has 2 heterocycles. The highest BCUT2D eigenvalue weighted by atomic mass is 35.5. The Kier molecular flexibility index (Phi) is 5.58. The lowest BCUT2D eigenvalue weighted by Gasteiger charge is -2.05. The molecule has 3 aromatic rings. The Labute approximate surface area is 149 Å².